The topological polar surface area (TPSA) is 64.4 Å². The molecule has 0 fully saturated rings. The van der Waals surface area contributed by atoms with E-state index >= 15 is 0 Å². The van der Waals surface area contributed by atoms with Gasteiger partial charge in [-0.2, -0.15) is 0 Å². The average Bonchev–Trinajstić information content (AvgIpc) is 3.20. The lowest BCUT2D eigenvalue weighted by atomic mass is 10.0. The number of hydrogen-bond donors (Lipinski definition) is 0. The Hall–Kier alpha value is -2.80. The molecule has 1 amide bonds. The van der Waals surface area contributed by atoms with Gasteiger partial charge in [-0.3, -0.25) is 9.59 Å². The smallest absolute Gasteiger partial charge is 0.326 e. The Balaban J connectivity index is 1.32. The van der Waals surface area contributed by atoms with Gasteiger partial charge in [-0.25, -0.2) is 4.98 Å². The highest BCUT2D eigenvalue weighted by Crippen LogP contribution is 2.28. The Bertz CT molecular complexity index is 1140. The number of thioether (sulfide) groups is 1. The van der Waals surface area contributed by atoms with Gasteiger partial charge in [-0.15, -0.1) is 0 Å². The number of esters is 1. The molecular formula is C27H33N3O3S. The van der Waals surface area contributed by atoms with E-state index < -0.39 is 0 Å². The van der Waals surface area contributed by atoms with Gasteiger partial charge < -0.3 is 14.2 Å². The molecule has 1 aliphatic rings. The van der Waals surface area contributed by atoms with E-state index in [1.807, 2.05) is 59.7 Å². The maximum atomic E-state index is 12.9. The molecule has 0 radical (unpaired) electrons. The zero-order chi connectivity index (χ0) is 23.9. The van der Waals surface area contributed by atoms with Crippen LogP contribution in [0.5, 0.6) is 0 Å². The zero-order valence-corrected chi connectivity index (χ0v) is 20.9. The summed E-state index contributed by atoms with van der Waals surface area (Å²) >= 11 is 1.63. The van der Waals surface area contributed by atoms with E-state index in [0.29, 0.717) is 6.42 Å². The van der Waals surface area contributed by atoms with Gasteiger partial charge in [-0.1, -0.05) is 49.0 Å². The summed E-state index contributed by atoms with van der Waals surface area (Å²) in [6, 6.07) is 16.1. The molecule has 0 spiro atoms. The third-order valence-electron chi connectivity index (χ3n) is 6.24. The van der Waals surface area contributed by atoms with E-state index in [0.717, 1.165) is 66.3 Å². The van der Waals surface area contributed by atoms with Gasteiger partial charge in [0.1, 0.15) is 6.54 Å². The number of benzene rings is 2. The van der Waals surface area contributed by atoms with Crippen molar-refractivity contribution in [3.63, 3.8) is 0 Å². The van der Waals surface area contributed by atoms with Crippen LogP contribution in [0.2, 0.25) is 0 Å². The summed E-state index contributed by atoms with van der Waals surface area (Å²) in [6.45, 7) is 4.87. The number of aromatic nitrogens is 2. The zero-order valence-electron chi connectivity index (χ0n) is 20.0. The number of hydrogen-bond acceptors (Lipinski definition) is 5. The molecule has 34 heavy (non-hydrogen) atoms. The van der Waals surface area contributed by atoms with Crippen molar-refractivity contribution < 1.29 is 14.3 Å². The fourth-order valence-electron chi connectivity index (χ4n) is 4.26. The Morgan fingerprint density at radius 3 is 2.76 bits per heavy atom. The van der Waals surface area contributed by atoms with Gasteiger partial charge in [0.15, 0.2) is 5.16 Å². The number of ether oxygens (including phenoxy) is 1. The molecule has 7 heteroatoms. The number of para-hydroxylation sites is 3. The first-order chi connectivity index (χ1) is 16.6. The van der Waals surface area contributed by atoms with Gasteiger partial charge in [0.05, 0.1) is 17.1 Å². The van der Waals surface area contributed by atoms with Crippen molar-refractivity contribution in [2.45, 2.75) is 70.2 Å². The Kier molecular flexibility index (Phi) is 8.27. The van der Waals surface area contributed by atoms with Crippen molar-refractivity contribution >= 4 is 40.4 Å². The van der Waals surface area contributed by atoms with Gasteiger partial charge >= 0.3 is 5.97 Å². The average molecular weight is 480 g/mol. The van der Waals surface area contributed by atoms with E-state index in [9.17, 15) is 9.59 Å². The minimum absolute atomic E-state index is 0.0946. The number of aryl methyl sites for hydroxylation is 1. The van der Waals surface area contributed by atoms with Crippen LogP contribution in [0.15, 0.2) is 53.7 Å². The predicted molar refractivity (Wildman–Crippen MR) is 137 cm³/mol. The van der Waals surface area contributed by atoms with Gasteiger partial charge in [0.25, 0.3) is 0 Å². The number of nitrogens with zero attached hydrogens (tertiary/aromatic N) is 3. The van der Waals surface area contributed by atoms with Gasteiger partial charge in [-0.05, 0) is 62.8 Å². The molecule has 3 aromatic rings. The molecule has 1 unspecified atom stereocenters. The molecule has 4 rings (SSSR count). The monoisotopic (exact) mass is 479 g/mol. The summed E-state index contributed by atoms with van der Waals surface area (Å²) in [4.78, 5) is 32.0. The number of carbonyl (C=O) groups excluding carboxylic acids is 2. The first kappa shape index (κ1) is 24.3. The normalized spacial score (nSPS) is 14.1. The molecule has 1 aromatic heterocycles. The quantitative estimate of drug-likeness (QED) is 0.215. The van der Waals surface area contributed by atoms with E-state index in [1.54, 1.807) is 11.8 Å². The minimum atomic E-state index is -0.244. The fraction of sp³-hybridized carbons (Fsp3) is 0.444. The van der Waals surface area contributed by atoms with Crippen molar-refractivity contribution in [1.29, 1.82) is 0 Å². The molecule has 2 heterocycles. The Morgan fingerprint density at radius 2 is 1.91 bits per heavy atom. The van der Waals surface area contributed by atoms with Gasteiger partial charge in [0.2, 0.25) is 5.91 Å². The van der Waals surface area contributed by atoms with E-state index in [2.05, 4.69) is 12.1 Å². The number of carbonyl (C=O) groups is 2. The third-order valence-corrected chi connectivity index (χ3v) is 7.30. The summed E-state index contributed by atoms with van der Waals surface area (Å²) < 4.78 is 7.43. The number of unbranched alkanes of at least 4 members (excludes halogenated alkanes) is 1. The summed E-state index contributed by atoms with van der Waals surface area (Å²) in [5.74, 6) is 0.803. The fourth-order valence-corrected chi connectivity index (χ4v) is 5.27. The van der Waals surface area contributed by atoms with E-state index in [-0.39, 0.29) is 24.5 Å². The van der Waals surface area contributed by atoms with Crippen LogP contribution in [-0.4, -0.2) is 39.8 Å². The predicted octanol–water partition coefficient (Wildman–Crippen LogP) is 5.62. The van der Waals surface area contributed by atoms with Crippen molar-refractivity contribution in [2.75, 3.05) is 17.2 Å². The van der Waals surface area contributed by atoms with Crippen LogP contribution in [-0.2, 0) is 27.3 Å². The summed E-state index contributed by atoms with van der Waals surface area (Å²) in [7, 11) is 0. The maximum absolute atomic E-state index is 12.9. The second kappa shape index (κ2) is 11.6. The molecule has 1 aliphatic heterocycles. The largest absolute Gasteiger partial charge is 0.461 e. The lowest BCUT2D eigenvalue weighted by Crippen LogP contribution is -2.35. The molecule has 180 valence electrons. The lowest BCUT2D eigenvalue weighted by molar-refractivity contribution is -0.149. The van der Waals surface area contributed by atoms with E-state index in [4.69, 9.17) is 9.72 Å². The maximum Gasteiger partial charge on any atom is 0.326 e. The molecule has 0 bridgehead atoms. The van der Waals surface area contributed by atoms with Crippen LogP contribution in [0.4, 0.5) is 5.69 Å². The molecular weight excluding hydrogens is 446 g/mol. The highest BCUT2D eigenvalue weighted by atomic mass is 32.2. The SMILES string of the molecule is CCC(C)OC(=O)Cn1c(SCCCCC(=O)N2CCCc3ccccc32)nc2ccccc21. The Morgan fingerprint density at radius 1 is 1.12 bits per heavy atom. The minimum Gasteiger partial charge on any atom is -0.461 e. The standard InChI is InChI=1S/C27H33N3O3S/c1-3-20(2)33-26(32)19-30-24-15-7-5-13-22(24)28-27(30)34-18-9-8-16-25(31)29-17-10-12-21-11-4-6-14-23(21)29/h4-7,11,13-15,20H,3,8-10,12,16-19H2,1-2H3. The van der Waals surface area contributed by atoms with Crippen LogP contribution in [0.1, 0.15) is 51.5 Å². The molecule has 1 atom stereocenters. The number of fused-ring (bicyclic) bond motifs is 2. The first-order valence-electron chi connectivity index (χ1n) is 12.2. The highest BCUT2D eigenvalue weighted by Gasteiger charge is 2.21. The molecule has 0 aliphatic carbocycles. The van der Waals surface area contributed by atoms with Crippen LogP contribution in [0.25, 0.3) is 11.0 Å². The second-order valence-electron chi connectivity index (χ2n) is 8.76. The lowest BCUT2D eigenvalue weighted by Gasteiger charge is -2.29. The van der Waals surface area contributed by atoms with Crippen molar-refractivity contribution in [3.8, 4) is 0 Å². The molecule has 0 N–H and O–H groups in total. The number of rotatable bonds is 10. The van der Waals surface area contributed by atoms with Crippen LogP contribution < -0.4 is 4.90 Å². The molecule has 0 saturated carbocycles. The second-order valence-corrected chi connectivity index (χ2v) is 9.82. The molecule has 2 aromatic carbocycles. The summed E-state index contributed by atoms with van der Waals surface area (Å²) in [5, 5.41) is 0.818. The number of imidazole rings is 1. The van der Waals surface area contributed by atoms with Crippen LogP contribution in [0.3, 0.4) is 0 Å². The molecule has 6 nitrogen and oxygen atoms in total. The van der Waals surface area contributed by atoms with Crippen LogP contribution >= 0.6 is 11.8 Å². The summed E-state index contributed by atoms with van der Waals surface area (Å²) in [5.41, 5.74) is 4.15. The van der Waals surface area contributed by atoms with E-state index in [1.165, 1.54) is 5.56 Å². The van der Waals surface area contributed by atoms with Gasteiger partial charge in [0, 0.05) is 24.4 Å². The highest BCUT2D eigenvalue weighted by molar-refractivity contribution is 7.99. The Labute approximate surface area is 205 Å². The number of anilines is 1. The molecule has 0 saturated heterocycles. The number of amides is 1. The first-order valence-corrected chi connectivity index (χ1v) is 13.2. The van der Waals surface area contributed by atoms with Crippen LogP contribution in [0, 0.1) is 0 Å². The van der Waals surface area contributed by atoms with Crippen molar-refractivity contribution in [3.05, 3.63) is 54.1 Å². The third kappa shape index (κ3) is 5.81. The van der Waals surface area contributed by atoms with Crippen molar-refractivity contribution in [2.24, 2.45) is 0 Å². The summed E-state index contributed by atoms with van der Waals surface area (Å²) in [6.07, 6.45) is 5.05. The van der Waals surface area contributed by atoms with Crippen molar-refractivity contribution in [1.82, 2.24) is 9.55 Å².